The highest BCUT2D eigenvalue weighted by Crippen LogP contribution is 2.64. The van der Waals surface area contributed by atoms with E-state index in [4.69, 9.17) is 4.74 Å². The molecule has 1 saturated carbocycles. The summed E-state index contributed by atoms with van der Waals surface area (Å²) in [5.41, 5.74) is 2.08. The molecule has 1 unspecified atom stereocenters. The zero-order valence-corrected chi connectivity index (χ0v) is 11.1. The number of allylic oxidation sites excluding steroid dienone is 1. The maximum atomic E-state index is 6.61. The SMILES string of the molecule is CC1=CCC[C@@]2(C)CC[C@H]3CC12OC3(C)C. The lowest BCUT2D eigenvalue weighted by Crippen LogP contribution is -2.51. The maximum absolute atomic E-state index is 6.61. The Bertz CT molecular complexity index is 354. The molecule has 1 heteroatoms. The van der Waals surface area contributed by atoms with Crippen molar-refractivity contribution in [3.8, 4) is 0 Å². The molecular weight excluding hydrogens is 196 g/mol. The first kappa shape index (κ1) is 10.8. The molecule has 2 fully saturated rings. The number of rotatable bonds is 0. The van der Waals surface area contributed by atoms with E-state index in [1.807, 2.05) is 0 Å². The van der Waals surface area contributed by atoms with Crippen LogP contribution >= 0.6 is 0 Å². The predicted molar refractivity (Wildman–Crippen MR) is 66.3 cm³/mol. The minimum atomic E-state index is 0.0810. The van der Waals surface area contributed by atoms with Crippen molar-refractivity contribution in [2.24, 2.45) is 11.3 Å². The molecule has 3 atom stereocenters. The van der Waals surface area contributed by atoms with Crippen molar-refractivity contribution in [3.63, 3.8) is 0 Å². The lowest BCUT2D eigenvalue weighted by Gasteiger charge is -2.51. The molecule has 1 spiro atoms. The molecule has 1 saturated heterocycles. The van der Waals surface area contributed by atoms with Gasteiger partial charge < -0.3 is 4.74 Å². The molecule has 0 radical (unpaired) electrons. The molecule has 0 amide bonds. The smallest absolute Gasteiger partial charge is 0.0953 e. The van der Waals surface area contributed by atoms with Crippen LogP contribution in [-0.4, -0.2) is 11.2 Å². The van der Waals surface area contributed by atoms with Crippen LogP contribution in [0.15, 0.2) is 11.6 Å². The third-order valence-electron chi connectivity index (χ3n) is 5.76. The van der Waals surface area contributed by atoms with Crippen molar-refractivity contribution in [1.82, 2.24) is 0 Å². The Morgan fingerprint density at radius 1 is 1.25 bits per heavy atom. The van der Waals surface area contributed by atoms with Crippen molar-refractivity contribution >= 4 is 0 Å². The normalized spacial score (nSPS) is 49.8. The number of hydrogen-bond donors (Lipinski definition) is 0. The summed E-state index contributed by atoms with van der Waals surface area (Å²) in [5.74, 6) is 0.766. The highest BCUT2D eigenvalue weighted by atomic mass is 16.5. The van der Waals surface area contributed by atoms with Crippen LogP contribution in [0, 0.1) is 11.3 Å². The van der Waals surface area contributed by atoms with Gasteiger partial charge in [-0.25, -0.2) is 0 Å². The van der Waals surface area contributed by atoms with Crippen LogP contribution in [0.4, 0.5) is 0 Å². The van der Waals surface area contributed by atoms with E-state index in [0.717, 1.165) is 5.92 Å². The molecule has 1 nitrogen and oxygen atoms in total. The second kappa shape index (κ2) is 2.93. The quantitative estimate of drug-likeness (QED) is 0.559. The molecule has 2 bridgehead atoms. The lowest BCUT2D eigenvalue weighted by atomic mass is 9.56. The van der Waals surface area contributed by atoms with Crippen LogP contribution < -0.4 is 0 Å². The topological polar surface area (TPSA) is 9.23 Å². The minimum absolute atomic E-state index is 0.0810. The van der Waals surface area contributed by atoms with Gasteiger partial charge in [0.05, 0.1) is 11.2 Å². The van der Waals surface area contributed by atoms with Gasteiger partial charge in [0, 0.05) is 5.41 Å². The van der Waals surface area contributed by atoms with Crippen molar-refractivity contribution in [2.45, 2.75) is 71.0 Å². The average Bonchev–Trinajstić information content (AvgIpc) is 2.42. The largest absolute Gasteiger partial charge is 0.364 e. The van der Waals surface area contributed by atoms with Gasteiger partial charge in [-0.1, -0.05) is 13.0 Å². The zero-order chi connectivity index (χ0) is 11.6. The molecule has 90 valence electrons. The van der Waals surface area contributed by atoms with Gasteiger partial charge in [0.2, 0.25) is 0 Å². The summed E-state index contributed by atoms with van der Waals surface area (Å²) >= 11 is 0. The fraction of sp³-hybridized carbons (Fsp3) is 0.867. The van der Waals surface area contributed by atoms with E-state index in [1.165, 1.54) is 37.7 Å². The van der Waals surface area contributed by atoms with Crippen molar-refractivity contribution < 1.29 is 4.74 Å². The summed E-state index contributed by atoms with van der Waals surface area (Å²) in [6.07, 6.45) is 8.96. The number of ether oxygens (including phenoxy) is 1. The first-order valence-corrected chi connectivity index (χ1v) is 6.77. The summed E-state index contributed by atoms with van der Waals surface area (Å²) < 4.78 is 6.61. The Kier molecular flexibility index (Phi) is 1.98. The van der Waals surface area contributed by atoms with E-state index >= 15 is 0 Å². The highest BCUT2D eigenvalue weighted by Gasteiger charge is 2.63. The Labute approximate surface area is 99.3 Å². The summed E-state index contributed by atoms with van der Waals surface area (Å²) in [7, 11) is 0. The van der Waals surface area contributed by atoms with Crippen molar-refractivity contribution in [2.75, 3.05) is 0 Å². The first-order valence-electron chi connectivity index (χ1n) is 6.77. The second-order valence-corrected chi connectivity index (χ2v) is 6.96. The van der Waals surface area contributed by atoms with E-state index in [0.29, 0.717) is 5.41 Å². The maximum Gasteiger partial charge on any atom is 0.0953 e. The molecule has 1 aliphatic heterocycles. The molecule has 16 heavy (non-hydrogen) atoms. The third-order valence-corrected chi connectivity index (χ3v) is 5.76. The Morgan fingerprint density at radius 2 is 2.00 bits per heavy atom. The van der Waals surface area contributed by atoms with Gasteiger partial charge in [0.25, 0.3) is 0 Å². The summed E-state index contributed by atoms with van der Waals surface area (Å²) in [5, 5.41) is 0. The predicted octanol–water partition coefficient (Wildman–Crippen LogP) is 4.08. The monoisotopic (exact) mass is 220 g/mol. The van der Waals surface area contributed by atoms with Gasteiger partial charge >= 0.3 is 0 Å². The fourth-order valence-electron chi connectivity index (χ4n) is 4.50. The summed E-state index contributed by atoms with van der Waals surface area (Å²) in [4.78, 5) is 0. The molecule has 3 rings (SSSR count). The van der Waals surface area contributed by atoms with Gasteiger partial charge in [-0.15, -0.1) is 0 Å². The van der Waals surface area contributed by atoms with Gasteiger partial charge in [0.1, 0.15) is 0 Å². The van der Waals surface area contributed by atoms with Crippen molar-refractivity contribution in [1.29, 1.82) is 0 Å². The number of fused-ring (bicyclic) bond motifs is 1. The van der Waals surface area contributed by atoms with Crippen LogP contribution in [0.2, 0.25) is 0 Å². The van der Waals surface area contributed by atoms with Gasteiger partial charge in [-0.3, -0.25) is 0 Å². The molecule has 0 aromatic heterocycles. The Morgan fingerprint density at radius 3 is 2.75 bits per heavy atom. The molecule has 1 heterocycles. The Balaban J connectivity index is 2.11. The average molecular weight is 220 g/mol. The van der Waals surface area contributed by atoms with E-state index < -0.39 is 0 Å². The van der Waals surface area contributed by atoms with Crippen LogP contribution in [0.1, 0.15) is 59.8 Å². The second-order valence-electron chi connectivity index (χ2n) is 6.96. The van der Waals surface area contributed by atoms with E-state index in [2.05, 4.69) is 33.8 Å². The highest BCUT2D eigenvalue weighted by molar-refractivity contribution is 5.29. The molecule has 0 aromatic carbocycles. The molecular formula is C15H24O. The summed E-state index contributed by atoms with van der Waals surface area (Å²) in [6, 6.07) is 0. The first-order chi connectivity index (χ1) is 7.40. The van der Waals surface area contributed by atoms with Gasteiger partial charge in [-0.05, 0) is 64.4 Å². The molecule has 2 aliphatic carbocycles. The van der Waals surface area contributed by atoms with Crippen LogP contribution in [0.25, 0.3) is 0 Å². The standard InChI is InChI=1S/C15H24O/c1-11-6-5-8-14(4)9-7-12-10-15(11,14)16-13(12,2)3/h6,12H,5,7-10H2,1-4H3/t12-,14-,15?/m0/s1. The van der Waals surface area contributed by atoms with Crippen LogP contribution in [0.3, 0.4) is 0 Å². The fourth-order valence-corrected chi connectivity index (χ4v) is 4.50. The lowest BCUT2D eigenvalue weighted by molar-refractivity contribution is -0.130. The van der Waals surface area contributed by atoms with Crippen LogP contribution in [0.5, 0.6) is 0 Å². The number of hydrogen-bond acceptors (Lipinski definition) is 1. The minimum Gasteiger partial charge on any atom is -0.364 e. The zero-order valence-electron chi connectivity index (χ0n) is 11.1. The Hall–Kier alpha value is -0.300. The molecule has 0 N–H and O–H groups in total. The van der Waals surface area contributed by atoms with Crippen molar-refractivity contribution in [3.05, 3.63) is 11.6 Å². The van der Waals surface area contributed by atoms with E-state index in [9.17, 15) is 0 Å². The van der Waals surface area contributed by atoms with E-state index in [1.54, 1.807) is 0 Å². The molecule has 0 aromatic rings. The van der Waals surface area contributed by atoms with Gasteiger partial charge in [0.15, 0.2) is 0 Å². The van der Waals surface area contributed by atoms with Crippen LogP contribution in [-0.2, 0) is 4.74 Å². The van der Waals surface area contributed by atoms with Gasteiger partial charge in [-0.2, -0.15) is 0 Å². The third kappa shape index (κ3) is 1.11. The summed E-state index contributed by atoms with van der Waals surface area (Å²) in [6.45, 7) is 9.34. The molecule has 3 aliphatic rings. The van der Waals surface area contributed by atoms with E-state index in [-0.39, 0.29) is 11.2 Å².